The van der Waals surface area contributed by atoms with Crippen molar-refractivity contribution in [2.24, 2.45) is 5.92 Å². The zero-order chi connectivity index (χ0) is 14.9. The predicted octanol–water partition coefficient (Wildman–Crippen LogP) is 3.69. The third-order valence-electron chi connectivity index (χ3n) is 2.91. The normalized spacial score (nSPS) is 11.1. The van der Waals surface area contributed by atoms with Gasteiger partial charge in [-0.2, -0.15) is 0 Å². The lowest BCUT2D eigenvalue weighted by Gasteiger charge is -2.00. The summed E-state index contributed by atoms with van der Waals surface area (Å²) in [5, 5.41) is 9.13. The first-order valence-electron chi connectivity index (χ1n) is 6.38. The monoisotopic (exact) mass is 277 g/mol. The molecule has 1 N–H and O–H groups in total. The third kappa shape index (κ3) is 2.87. The minimum absolute atomic E-state index is 0.136. The number of carboxylic acid groups (broad SMARTS) is 1. The second-order valence-electron chi connectivity index (χ2n) is 5.16. The molecular formula is C15H16FNO3. The highest BCUT2D eigenvalue weighted by Gasteiger charge is 2.21. The first kappa shape index (κ1) is 14.2. The minimum atomic E-state index is -1.16. The summed E-state index contributed by atoms with van der Waals surface area (Å²) < 4.78 is 18.8. The van der Waals surface area contributed by atoms with E-state index in [1.165, 1.54) is 6.07 Å². The van der Waals surface area contributed by atoms with Gasteiger partial charge in [0.2, 0.25) is 11.7 Å². The molecule has 1 aromatic heterocycles. The maximum Gasteiger partial charge on any atom is 0.373 e. The molecule has 0 amide bonds. The highest BCUT2D eigenvalue weighted by molar-refractivity contribution is 5.86. The number of carbonyl (C=O) groups is 1. The van der Waals surface area contributed by atoms with E-state index in [-0.39, 0.29) is 23.4 Å². The minimum Gasteiger partial charge on any atom is -0.475 e. The highest BCUT2D eigenvalue weighted by Crippen LogP contribution is 2.25. The van der Waals surface area contributed by atoms with Crippen molar-refractivity contribution in [3.63, 3.8) is 0 Å². The molecule has 0 aliphatic carbocycles. The number of aryl methyl sites for hydroxylation is 1. The largest absolute Gasteiger partial charge is 0.475 e. The van der Waals surface area contributed by atoms with Crippen molar-refractivity contribution in [3.8, 4) is 11.5 Å². The van der Waals surface area contributed by atoms with Crippen LogP contribution in [0.25, 0.3) is 11.5 Å². The van der Waals surface area contributed by atoms with Crippen LogP contribution in [0, 0.1) is 18.7 Å². The fourth-order valence-corrected chi connectivity index (χ4v) is 1.89. The summed E-state index contributed by atoms with van der Waals surface area (Å²) in [6.45, 7) is 5.58. The van der Waals surface area contributed by atoms with Crippen LogP contribution in [-0.2, 0) is 6.42 Å². The summed E-state index contributed by atoms with van der Waals surface area (Å²) in [5.41, 5.74) is 1.34. The van der Waals surface area contributed by atoms with E-state index < -0.39 is 5.97 Å². The molecule has 0 radical (unpaired) electrons. The molecule has 0 unspecified atom stereocenters. The van der Waals surface area contributed by atoms with Crippen LogP contribution in [0.2, 0.25) is 0 Å². The van der Waals surface area contributed by atoms with Crippen molar-refractivity contribution in [2.45, 2.75) is 27.2 Å². The second kappa shape index (κ2) is 5.45. The molecule has 0 spiro atoms. The molecule has 1 aromatic carbocycles. The third-order valence-corrected chi connectivity index (χ3v) is 2.91. The number of carboxylic acids is 1. The summed E-state index contributed by atoms with van der Waals surface area (Å²) in [7, 11) is 0. The van der Waals surface area contributed by atoms with E-state index in [9.17, 15) is 9.18 Å². The fourth-order valence-electron chi connectivity index (χ4n) is 1.89. The van der Waals surface area contributed by atoms with Crippen molar-refractivity contribution in [2.75, 3.05) is 0 Å². The number of aromatic carboxylic acids is 1. The maximum atomic E-state index is 13.6. The average molecular weight is 277 g/mol. The average Bonchev–Trinajstić information content (AvgIpc) is 2.76. The Morgan fingerprint density at radius 2 is 2.15 bits per heavy atom. The van der Waals surface area contributed by atoms with Gasteiger partial charge < -0.3 is 9.52 Å². The zero-order valence-corrected chi connectivity index (χ0v) is 11.6. The topological polar surface area (TPSA) is 63.3 Å². The summed E-state index contributed by atoms with van der Waals surface area (Å²) in [4.78, 5) is 15.4. The van der Waals surface area contributed by atoms with Gasteiger partial charge in [-0.25, -0.2) is 14.2 Å². The highest BCUT2D eigenvalue weighted by atomic mass is 19.1. The van der Waals surface area contributed by atoms with Gasteiger partial charge in [-0.15, -0.1) is 0 Å². The smallest absolute Gasteiger partial charge is 0.373 e. The van der Waals surface area contributed by atoms with Crippen LogP contribution >= 0.6 is 0 Å². The molecule has 106 valence electrons. The quantitative estimate of drug-likeness (QED) is 0.925. The molecule has 0 aliphatic rings. The molecule has 0 saturated carbocycles. The maximum absolute atomic E-state index is 13.6. The Kier molecular flexibility index (Phi) is 3.88. The van der Waals surface area contributed by atoms with E-state index in [0.717, 1.165) is 0 Å². The molecule has 0 aliphatic heterocycles. The molecule has 20 heavy (non-hydrogen) atoms. The van der Waals surface area contributed by atoms with Gasteiger partial charge in [0.15, 0.2) is 0 Å². The van der Waals surface area contributed by atoms with Gasteiger partial charge in [-0.05, 0) is 37.0 Å². The lowest BCUT2D eigenvalue weighted by atomic mass is 10.1. The van der Waals surface area contributed by atoms with E-state index in [4.69, 9.17) is 9.52 Å². The first-order chi connectivity index (χ1) is 9.38. The lowest BCUT2D eigenvalue weighted by Crippen LogP contribution is -2.03. The van der Waals surface area contributed by atoms with Crippen LogP contribution in [0.1, 0.15) is 35.7 Å². The SMILES string of the molecule is Cc1ccc(-c2nc(CC(C)C)c(C(=O)O)o2)cc1F. The van der Waals surface area contributed by atoms with E-state index >= 15 is 0 Å². The van der Waals surface area contributed by atoms with Crippen molar-refractivity contribution in [3.05, 3.63) is 41.0 Å². The first-order valence-corrected chi connectivity index (χ1v) is 6.38. The molecule has 0 atom stereocenters. The Labute approximate surface area is 116 Å². The van der Waals surface area contributed by atoms with E-state index in [1.807, 2.05) is 13.8 Å². The molecule has 2 aromatic rings. The van der Waals surface area contributed by atoms with Crippen molar-refractivity contribution >= 4 is 5.97 Å². The number of hydrogen-bond acceptors (Lipinski definition) is 3. The van der Waals surface area contributed by atoms with Crippen molar-refractivity contribution < 1.29 is 18.7 Å². The molecule has 4 nitrogen and oxygen atoms in total. The van der Waals surface area contributed by atoms with E-state index in [0.29, 0.717) is 23.2 Å². The Morgan fingerprint density at radius 1 is 1.45 bits per heavy atom. The molecule has 2 rings (SSSR count). The van der Waals surface area contributed by atoms with Gasteiger partial charge in [0.25, 0.3) is 0 Å². The van der Waals surface area contributed by atoms with Gasteiger partial charge in [0.1, 0.15) is 5.82 Å². The zero-order valence-electron chi connectivity index (χ0n) is 11.6. The Hall–Kier alpha value is -2.17. The van der Waals surface area contributed by atoms with Crippen LogP contribution in [0.5, 0.6) is 0 Å². The second-order valence-corrected chi connectivity index (χ2v) is 5.16. The summed E-state index contributed by atoms with van der Waals surface area (Å²) in [6.07, 6.45) is 0.499. The Morgan fingerprint density at radius 3 is 2.70 bits per heavy atom. The van der Waals surface area contributed by atoms with Gasteiger partial charge in [-0.1, -0.05) is 19.9 Å². The number of halogens is 1. The van der Waals surface area contributed by atoms with E-state index in [1.54, 1.807) is 19.1 Å². The standard InChI is InChI=1S/C15H16FNO3/c1-8(2)6-12-13(15(18)19)20-14(17-12)10-5-4-9(3)11(16)7-10/h4-5,7-8H,6H2,1-3H3,(H,18,19). The number of hydrogen-bond donors (Lipinski definition) is 1. The van der Waals surface area contributed by atoms with Gasteiger partial charge in [-0.3, -0.25) is 0 Å². The number of nitrogens with zero attached hydrogens (tertiary/aromatic N) is 1. The number of rotatable bonds is 4. The lowest BCUT2D eigenvalue weighted by molar-refractivity contribution is 0.0661. The molecule has 1 heterocycles. The molecular weight excluding hydrogens is 261 g/mol. The van der Waals surface area contributed by atoms with Gasteiger partial charge in [0, 0.05) is 5.56 Å². The number of oxazole rings is 1. The summed E-state index contributed by atoms with van der Waals surface area (Å²) in [5.74, 6) is -1.32. The Bertz CT molecular complexity index is 647. The van der Waals surface area contributed by atoms with E-state index in [2.05, 4.69) is 4.98 Å². The molecule has 0 bridgehead atoms. The van der Waals surface area contributed by atoms with Crippen molar-refractivity contribution in [1.29, 1.82) is 0 Å². The van der Waals surface area contributed by atoms with Crippen molar-refractivity contribution in [1.82, 2.24) is 4.98 Å². The summed E-state index contributed by atoms with van der Waals surface area (Å²) in [6, 6.07) is 4.57. The number of aromatic nitrogens is 1. The van der Waals surface area contributed by atoms with Crippen LogP contribution in [0.3, 0.4) is 0 Å². The van der Waals surface area contributed by atoms with Crippen LogP contribution in [0.15, 0.2) is 22.6 Å². The predicted molar refractivity (Wildman–Crippen MR) is 72.1 cm³/mol. The van der Waals surface area contributed by atoms with Crippen LogP contribution < -0.4 is 0 Å². The van der Waals surface area contributed by atoms with Gasteiger partial charge in [0.05, 0.1) is 5.69 Å². The van der Waals surface area contributed by atoms with Gasteiger partial charge >= 0.3 is 5.97 Å². The summed E-state index contributed by atoms with van der Waals surface area (Å²) >= 11 is 0. The van der Waals surface area contributed by atoms with Crippen LogP contribution in [0.4, 0.5) is 4.39 Å². The molecule has 0 fully saturated rings. The number of benzene rings is 1. The molecule has 5 heteroatoms. The molecule has 0 saturated heterocycles. The van der Waals surface area contributed by atoms with Crippen LogP contribution in [-0.4, -0.2) is 16.1 Å². The Balaban J connectivity index is 2.46. The fraction of sp³-hybridized carbons (Fsp3) is 0.333.